The zero-order valence-electron chi connectivity index (χ0n) is 26.4. The van der Waals surface area contributed by atoms with E-state index in [1.807, 2.05) is 42.2 Å². The van der Waals surface area contributed by atoms with Crippen molar-refractivity contribution in [2.45, 2.75) is 90.5 Å². The number of amidine groups is 1. The molecule has 0 aliphatic carbocycles. The molecule has 0 fully saturated rings. The number of ether oxygens (including phenoxy) is 1. The van der Waals surface area contributed by atoms with E-state index in [1.54, 1.807) is 7.11 Å². The van der Waals surface area contributed by atoms with Gasteiger partial charge >= 0.3 is 5.97 Å². The van der Waals surface area contributed by atoms with Crippen LogP contribution in [-0.4, -0.2) is 47.4 Å². The first-order valence-corrected chi connectivity index (χ1v) is 15.5. The molecule has 1 N–H and O–H groups in total. The lowest BCUT2D eigenvalue weighted by molar-refractivity contribution is -0.136. The van der Waals surface area contributed by atoms with E-state index in [4.69, 9.17) is 9.73 Å². The molecule has 0 spiro atoms. The topological polar surface area (TPSA) is 79.2 Å². The van der Waals surface area contributed by atoms with E-state index < -0.39 is 5.97 Å². The Balaban J connectivity index is 1.36. The maximum absolute atomic E-state index is 13.0. The molecule has 6 heteroatoms. The number of methoxy groups -OCH3 is 1. The van der Waals surface area contributed by atoms with Crippen molar-refractivity contribution in [3.05, 3.63) is 89.0 Å². The molecule has 4 rings (SSSR count). The van der Waals surface area contributed by atoms with Gasteiger partial charge in [-0.25, -0.2) is 0 Å². The number of carbonyl (C=O) groups is 2. The third-order valence-electron chi connectivity index (χ3n) is 8.24. The Hall–Kier alpha value is -3.93. The normalized spacial score (nSPS) is 15.4. The van der Waals surface area contributed by atoms with E-state index in [-0.39, 0.29) is 23.8 Å². The van der Waals surface area contributed by atoms with Gasteiger partial charge in [-0.2, -0.15) is 0 Å². The number of benzene rings is 3. The summed E-state index contributed by atoms with van der Waals surface area (Å²) in [6.45, 7) is 9.37. The molecule has 1 atom stereocenters. The number of aliphatic imine (C=N–C) groups is 1. The Kier molecular flexibility index (Phi) is 10.8. The molecular formula is C37H46N2O4. The highest BCUT2D eigenvalue weighted by Gasteiger charge is 2.27. The predicted octanol–water partition coefficient (Wildman–Crippen LogP) is 7.65. The Bertz CT molecular complexity index is 1440. The first-order valence-electron chi connectivity index (χ1n) is 15.5. The van der Waals surface area contributed by atoms with E-state index >= 15 is 0 Å². The highest BCUT2D eigenvalue weighted by Crippen LogP contribution is 2.29. The SMILES string of the molecule is CCN1C(=O)CC(CCCc2ccc(C(C)(C)C)cc2)N=C1CCCc1cccc(-c2ccc(OC)c(CC(=O)O)c2)c1. The number of carbonyl (C=O) groups excluding carboxylic acids is 1. The number of aliphatic carboxylic acids is 1. The summed E-state index contributed by atoms with van der Waals surface area (Å²) in [4.78, 5) is 31.2. The van der Waals surface area contributed by atoms with Crippen molar-refractivity contribution in [2.24, 2.45) is 4.99 Å². The van der Waals surface area contributed by atoms with Gasteiger partial charge < -0.3 is 14.7 Å². The average Bonchev–Trinajstić information content (AvgIpc) is 2.97. The maximum atomic E-state index is 13.0. The van der Waals surface area contributed by atoms with Crippen LogP contribution in [0, 0.1) is 0 Å². The number of amides is 1. The summed E-state index contributed by atoms with van der Waals surface area (Å²) in [5.41, 5.74) is 6.71. The average molecular weight is 583 g/mol. The zero-order valence-corrected chi connectivity index (χ0v) is 26.4. The Morgan fingerprint density at radius 3 is 2.35 bits per heavy atom. The van der Waals surface area contributed by atoms with Crippen molar-refractivity contribution < 1.29 is 19.4 Å². The quantitative estimate of drug-likeness (QED) is 0.225. The summed E-state index contributed by atoms with van der Waals surface area (Å²) in [5, 5.41) is 9.30. The first-order chi connectivity index (χ1) is 20.6. The number of nitrogens with zero attached hydrogens (tertiary/aromatic N) is 2. The summed E-state index contributed by atoms with van der Waals surface area (Å²) in [7, 11) is 1.56. The highest BCUT2D eigenvalue weighted by molar-refractivity contribution is 6.00. The van der Waals surface area contributed by atoms with E-state index in [0.29, 0.717) is 24.3 Å². The van der Waals surface area contributed by atoms with Crippen molar-refractivity contribution in [1.82, 2.24) is 4.90 Å². The third-order valence-corrected chi connectivity index (χ3v) is 8.24. The fraction of sp³-hybridized carbons (Fsp3) is 0.432. The number of aryl methyl sites for hydroxylation is 2. The third kappa shape index (κ3) is 8.79. The van der Waals surface area contributed by atoms with Gasteiger partial charge in [-0.3, -0.25) is 14.6 Å². The Morgan fingerprint density at radius 1 is 0.953 bits per heavy atom. The lowest BCUT2D eigenvalue weighted by Crippen LogP contribution is -2.42. The molecule has 1 heterocycles. The largest absolute Gasteiger partial charge is 0.496 e. The second-order valence-electron chi connectivity index (χ2n) is 12.5. The highest BCUT2D eigenvalue weighted by atomic mass is 16.5. The van der Waals surface area contributed by atoms with Crippen LogP contribution in [-0.2, 0) is 34.3 Å². The van der Waals surface area contributed by atoms with Crippen molar-refractivity contribution in [1.29, 1.82) is 0 Å². The van der Waals surface area contributed by atoms with Gasteiger partial charge in [0, 0.05) is 24.9 Å². The fourth-order valence-corrected chi connectivity index (χ4v) is 5.84. The van der Waals surface area contributed by atoms with Gasteiger partial charge in [-0.15, -0.1) is 0 Å². The first kappa shape index (κ1) is 32.0. The molecule has 3 aromatic rings. The maximum Gasteiger partial charge on any atom is 0.307 e. The van der Waals surface area contributed by atoms with Crippen LogP contribution in [0.15, 0.2) is 71.7 Å². The van der Waals surface area contributed by atoms with Crippen LogP contribution in [0.5, 0.6) is 5.75 Å². The minimum absolute atomic E-state index is 0.0533. The van der Waals surface area contributed by atoms with Gasteiger partial charge in [0.05, 0.1) is 19.6 Å². The molecule has 0 saturated carbocycles. The molecule has 0 aromatic heterocycles. The molecule has 1 unspecified atom stereocenters. The molecule has 0 bridgehead atoms. The molecule has 6 nitrogen and oxygen atoms in total. The molecule has 3 aromatic carbocycles. The van der Waals surface area contributed by atoms with E-state index in [2.05, 4.69) is 57.2 Å². The zero-order chi connectivity index (χ0) is 31.0. The predicted molar refractivity (Wildman–Crippen MR) is 174 cm³/mol. The number of hydrogen-bond donors (Lipinski definition) is 1. The smallest absolute Gasteiger partial charge is 0.307 e. The van der Waals surface area contributed by atoms with Gasteiger partial charge in [0.2, 0.25) is 5.91 Å². The number of rotatable bonds is 13. The summed E-state index contributed by atoms with van der Waals surface area (Å²) in [6.07, 6.45) is 5.87. The molecule has 43 heavy (non-hydrogen) atoms. The van der Waals surface area contributed by atoms with Gasteiger partial charge in [0.25, 0.3) is 0 Å². The van der Waals surface area contributed by atoms with Crippen molar-refractivity contribution in [2.75, 3.05) is 13.7 Å². The van der Waals surface area contributed by atoms with Crippen LogP contribution in [0.1, 0.15) is 82.1 Å². The van der Waals surface area contributed by atoms with Crippen LogP contribution in [0.25, 0.3) is 11.1 Å². The number of hydrogen-bond acceptors (Lipinski definition) is 4. The molecule has 1 aliphatic rings. The van der Waals surface area contributed by atoms with Crippen molar-refractivity contribution in [3.8, 4) is 16.9 Å². The molecule has 1 aliphatic heterocycles. The minimum atomic E-state index is -0.887. The fourth-order valence-electron chi connectivity index (χ4n) is 5.84. The Morgan fingerprint density at radius 2 is 1.67 bits per heavy atom. The lowest BCUT2D eigenvalue weighted by Gasteiger charge is -2.30. The second kappa shape index (κ2) is 14.5. The van der Waals surface area contributed by atoms with Gasteiger partial charge in [-0.1, -0.05) is 75.4 Å². The van der Waals surface area contributed by atoms with Crippen LogP contribution >= 0.6 is 0 Å². The summed E-state index contributed by atoms with van der Waals surface area (Å²) in [6, 6.07) is 23.0. The summed E-state index contributed by atoms with van der Waals surface area (Å²) in [5.74, 6) is 0.801. The van der Waals surface area contributed by atoms with Gasteiger partial charge in [0.15, 0.2) is 0 Å². The number of carboxylic acids is 1. The molecule has 228 valence electrons. The molecule has 0 radical (unpaired) electrons. The Labute approximate surface area is 256 Å². The van der Waals surface area contributed by atoms with E-state index in [0.717, 1.165) is 55.5 Å². The van der Waals surface area contributed by atoms with Crippen molar-refractivity contribution in [3.63, 3.8) is 0 Å². The molecule has 1 amide bonds. The number of carboxylic acid groups (broad SMARTS) is 1. The van der Waals surface area contributed by atoms with Crippen LogP contribution < -0.4 is 4.74 Å². The lowest BCUT2D eigenvalue weighted by atomic mass is 9.86. The van der Waals surface area contributed by atoms with Crippen molar-refractivity contribution >= 4 is 17.7 Å². The monoisotopic (exact) mass is 582 g/mol. The summed E-state index contributed by atoms with van der Waals surface area (Å²) < 4.78 is 5.36. The van der Waals surface area contributed by atoms with Crippen LogP contribution in [0.3, 0.4) is 0 Å². The van der Waals surface area contributed by atoms with Gasteiger partial charge in [0.1, 0.15) is 11.6 Å². The standard InChI is InChI=1S/C37H46N2O4/c1-6-39-34(38-32(25-35(39)40)14-8-10-26-16-19-31(20-17-26)37(2,3)4)15-9-12-27-11-7-13-28(22-27)29-18-21-33(43-5)30(23-29)24-36(41)42/h7,11,13,16-23,32H,6,8-10,12,14-15,24-25H2,1-5H3,(H,41,42). The molecular weight excluding hydrogens is 536 g/mol. The van der Waals surface area contributed by atoms with Crippen LogP contribution in [0.2, 0.25) is 0 Å². The minimum Gasteiger partial charge on any atom is -0.496 e. The summed E-state index contributed by atoms with van der Waals surface area (Å²) >= 11 is 0. The molecule has 0 saturated heterocycles. The van der Waals surface area contributed by atoms with E-state index in [9.17, 15) is 14.7 Å². The second-order valence-corrected chi connectivity index (χ2v) is 12.5. The van der Waals surface area contributed by atoms with Gasteiger partial charge in [-0.05, 0) is 84.4 Å². The van der Waals surface area contributed by atoms with Crippen LogP contribution in [0.4, 0.5) is 0 Å². The van der Waals surface area contributed by atoms with E-state index in [1.165, 1.54) is 16.7 Å².